The van der Waals surface area contributed by atoms with E-state index < -0.39 is 0 Å². The number of rotatable bonds is 0. The summed E-state index contributed by atoms with van der Waals surface area (Å²) in [6, 6.07) is 0. The van der Waals surface area contributed by atoms with Gasteiger partial charge in [0.25, 0.3) is 0 Å². The Balaban J connectivity index is 0. The van der Waals surface area contributed by atoms with Crippen LogP contribution in [0.4, 0.5) is 0 Å². The zero-order valence-electron chi connectivity index (χ0n) is 9.41. The van der Waals surface area contributed by atoms with Gasteiger partial charge in [0.05, 0.1) is 0 Å². The number of hydrogen-bond acceptors (Lipinski definition) is 0. The molecule has 1 atom stereocenters. The van der Waals surface area contributed by atoms with Crippen molar-refractivity contribution in [2.75, 3.05) is 0 Å². The van der Waals surface area contributed by atoms with Crippen molar-refractivity contribution in [3.63, 3.8) is 0 Å². The molecule has 0 N–H and O–H groups in total. The van der Waals surface area contributed by atoms with Crippen molar-refractivity contribution < 1.29 is 49.5 Å². The average molecular weight is 311 g/mol. The number of hydrogen-bond donors (Lipinski definition) is 0. The van der Waals surface area contributed by atoms with Gasteiger partial charge in [-0.1, -0.05) is 0 Å². The molecule has 0 radical (unpaired) electrons. The fourth-order valence-corrected chi connectivity index (χ4v) is 2.29. The van der Waals surface area contributed by atoms with E-state index in [1.54, 1.807) is 39.1 Å². The molecule has 0 nitrogen and oxygen atoms in total. The van der Waals surface area contributed by atoms with Crippen molar-refractivity contribution in [3.8, 4) is 0 Å². The molecule has 0 saturated carbocycles. The zero-order chi connectivity index (χ0) is 9.52. The van der Waals surface area contributed by atoms with Gasteiger partial charge in [-0.05, 0) is 0 Å². The monoisotopic (exact) mass is 309 g/mol. The third kappa shape index (κ3) is 3.51. The normalized spacial score (nSPS) is 21.4. The van der Waals surface area contributed by atoms with Gasteiger partial charge in [0.2, 0.25) is 0 Å². The van der Waals surface area contributed by atoms with E-state index in [1.807, 2.05) is 0 Å². The van der Waals surface area contributed by atoms with Gasteiger partial charge in [0.15, 0.2) is 0 Å². The Labute approximate surface area is 115 Å². The Morgan fingerprint density at radius 3 is 1.79 bits per heavy atom. The van der Waals surface area contributed by atoms with Gasteiger partial charge in [0, 0.05) is 0 Å². The van der Waals surface area contributed by atoms with Gasteiger partial charge in [-0.15, -0.1) is 0 Å². The quantitative estimate of drug-likeness (QED) is 0.462. The van der Waals surface area contributed by atoms with Crippen LogP contribution in [-0.4, -0.2) is 0 Å². The van der Waals surface area contributed by atoms with Gasteiger partial charge in [-0.2, -0.15) is 0 Å². The molecule has 79 valence electrons. The van der Waals surface area contributed by atoms with Crippen LogP contribution in [0.5, 0.6) is 0 Å². The van der Waals surface area contributed by atoms with Crippen molar-refractivity contribution in [1.82, 2.24) is 0 Å². The van der Waals surface area contributed by atoms with E-state index in [0.717, 1.165) is 0 Å². The molecular weight excluding hydrogens is 294 g/mol. The second-order valence-electron chi connectivity index (χ2n) is 4.66. The molecule has 0 amide bonds. The minimum atomic E-state index is 0. The second kappa shape index (κ2) is 5.87. The Kier molecular flexibility index (Phi) is 7.27. The molecular formula is C11H17Cl2Zr. The minimum Gasteiger partial charge on any atom is -1.00 e. The molecule has 1 aliphatic carbocycles. The van der Waals surface area contributed by atoms with Crippen LogP contribution in [-0.2, 0) is 24.7 Å². The van der Waals surface area contributed by atoms with Crippen LogP contribution in [0.3, 0.4) is 0 Å². The number of halogens is 2. The molecule has 0 saturated heterocycles. The molecule has 0 aromatic heterocycles. The fourth-order valence-electron chi connectivity index (χ4n) is 1.76. The van der Waals surface area contributed by atoms with E-state index in [4.69, 9.17) is 0 Å². The Morgan fingerprint density at radius 1 is 1.21 bits per heavy atom. The maximum atomic E-state index is 2.43. The predicted molar refractivity (Wildman–Crippen MR) is 49.4 cm³/mol. The SMILES string of the molecule is CC1=[C]([Zr+2])C(C)C=C1C(C)(C)C.[Cl-].[Cl-]. The molecule has 0 aromatic carbocycles. The molecule has 1 aliphatic rings. The van der Waals surface area contributed by atoms with Crippen molar-refractivity contribution in [2.45, 2.75) is 34.6 Å². The maximum absolute atomic E-state index is 2.43. The fraction of sp³-hybridized carbons (Fsp3) is 0.636. The van der Waals surface area contributed by atoms with Crippen LogP contribution in [0.2, 0.25) is 0 Å². The van der Waals surface area contributed by atoms with Gasteiger partial charge < -0.3 is 24.8 Å². The van der Waals surface area contributed by atoms with E-state index >= 15 is 0 Å². The summed E-state index contributed by atoms with van der Waals surface area (Å²) in [5.41, 5.74) is 3.44. The van der Waals surface area contributed by atoms with Gasteiger partial charge in [-0.3, -0.25) is 0 Å². The van der Waals surface area contributed by atoms with E-state index in [9.17, 15) is 0 Å². The van der Waals surface area contributed by atoms with Crippen molar-refractivity contribution in [2.24, 2.45) is 11.3 Å². The van der Waals surface area contributed by atoms with Gasteiger partial charge >= 0.3 is 91.2 Å². The Morgan fingerprint density at radius 2 is 1.64 bits per heavy atom. The summed E-state index contributed by atoms with van der Waals surface area (Å²) >= 11 is 1.58. The van der Waals surface area contributed by atoms with Crippen molar-refractivity contribution in [1.29, 1.82) is 0 Å². The zero-order valence-corrected chi connectivity index (χ0v) is 13.4. The van der Waals surface area contributed by atoms with E-state index in [1.165, 1.54) is 0 Å². The van der Waals surface area contributed by atoms with Crippen LogP contribution >= 0.6 is 0 Å². The molecule has 3 heteroatoms. The summed E-state index contributed by atoms with van der Waals surface area (Å²) in [7, 11) is 0. The maximum Gasteiger partial charge on any atom is -1.00 e. The molecule has 14 heavy (non-hydrogen) atoms. The van der Waals surface area contributed by atoms with Crippen molar-refractivity contribution >= 4 is 0 Å². The standard InChI is InChI=1S/C11H17.2ClH.Zr/c1-8-6-9(2)10(7-8)11(3,4)5;;;/h7-8H,1-5H3;2*1H;/q;;;+2/p-2. The smallest absolute Gasteiger partial charge is 1.00 e. The average Bonchev–Trinajstić information content (AvgIpc) is 2.15. The summed E-state index contributed by atoms with van der Waals surface area (Å²) < 4.78 is 1.63. The molecule has 0 heterocycles. The van der Waals surface area contributed by atoms with Crippen LogP contribution in [0, 0.1) is 11.3 Å². The summed E-state index contributed by atoms with van der Waals surface area (Å²) in [6.07, 6.45) is 2.43. The molecule has 0 spiro atoms. The van der Waals surface area contributed by atoms with E-state index in [-0.39, 0.29) is 24.8 Å². The summed E-state index contributed by atoms with van der Waals surface area (Å²) in [5.74, 6) is 0.692. The van der Waals surface area contributed by atoms with Gasteiger partial charge in [-0.25, -0.2) is 0 Å². The predicted octanol–water partition coefficient (Wildman–Crippen LogP) is -2.56. The third-order valence-corrected chi connectivity index (χ3v) is 4.53. The molecule has 1 rings (SSSR count). The van der Waals surface area contributed by atoms with E-state index in [2.05, 4.69) is 40.7 Å². The van der Waals surface area contributed by atoms with Gasteiger partial charge in [0.1, 0.15) is 0 Å². The topological polar surface area (TPSA) is 0 Å². The third-order valence-electron chi connectivity index (χ3n) is 2.49. The first-order valence-corrected chi connectivity index (χ1v) is 5.72. The minimum absolute atomic E-state index is 0. The summed E-state index contributed by atoms with van der Waals surface area (Å²) in [6.45, 7) is 11.5. The summed E-state index contributed by atoms with van der Waals surface area (Å²) in [4.78, 5) is 0. The first kappa shape index (κ1) is 17.3. The Hall–Kier alpha value is 0.943. The largest absolute Gasteiger partial charge is 1.00 e. The Bertz CT molecular complexity index is 259. The van der Waals surface area contributed by atoms with Crippen LogP contribution < -0.4 is 24.8 Å². The molecule has 1 unspecified atom stereocenters. The first-order chi connectivity index (χ1) is 5.34. The first-order valence-electron chi connectivity index (χ1n) is 4.49. The number of allylic oxidation sites excluding steroid dienone is 4. The van der Waals surface area contributed by atoms with Crippen LogP contribution in [0.25, 0.3) is 0 Å². The molecule has 0 bridgehead atoms. The van der Waals surface area contributed by atoms with Crippen LogP contribution in [0.15, 0.2) is 20.5 Å². The molecule has 0 aliphatic heterocycles. The molecule has 0 fully saturated rings. The second-order valence-corrected chi connectivity index (χ2v) is 5.98. The van der Waals surface area contributed by atoms with Crippen LogP contribution in [0.1, 0.15) is 34.6 Å². The molecule has 0 aromatic rings. The van der Waals surface area contributed by atoms with E-state index in [0.29, 0.717) is 11.3 Å². The van der Waals surface area contributed by atoms with Crippen molar-refractivity contribution in [3.05, 3.63) is 20.5 Å². The summed E-state index contributed by atoms with van der Waals surface area (Å²) in [5, 5.41) is 0.